The summed E-state index contributed by atoms with van der Waals surface area (Å²) in [5.74, 6) is -0.506. The van der Waals surface area contributed by atoms with Crippen LogP contribution in [0.25, 0.3) is 0 Å². The minimum atomic E-state index is -0.506. The fraction of sp³-hybridized carbons (Fsp3) is 0.462. The molecule has 0 saturated carbocycles. The summed E-state index contributed by atoms with van der Waals surface area (Å²) in [6, 6.07) is 4.38. The van der Waals surface area contributed by atoms with Crippen molar-refractivity contribution >= 4 is 17.3 Å². The first kappa shape index (κ1) is 14.3. The van der Waals surface area contributed by atoms with E-state index in [0.29, 0.717) is 11.3 Å². The molecule has 1 aliphatic heterocycles. The second-order valence-corrected chi connectivity index (χ2v) is 4.65. The predicted octanol–water partition coefficient (Wildman–Crippen LogP) is 1.55. The van der Waals surface area contributed by atoms with Crippen molar-refractivity contribution in [3.8, 4) is 0 Å². The minimum Gasteiger partial charge on any atom is -0.465 e. The van der Waals surface area contributed by atoms with Crippen LogP contribution < -0.4 is 10.6 Å². The van der Waals surface area contributed by atoms with E-state index in [1.807, 2.05) is 0 Å². The first-order valence-corrected chi connectivity index (χ1v) is 6.46. The molecule has 1 fully saturated rings. The lowest BCUT2D eigenvalue weighted by atomic mass is 10.1. The zero-order valence-corrected chi connectivity index (χ0v) is 11.2. The van der Waals surface area contributed by atoms with Crippen molar-refractivity contribution in [2.45, 2.75) is 18.9 Å². The highest BCUT2D eigenvalue weighted by atomic mass is 16.6. The third-order valence-corrected chi connectivity index (χ3v) is 3.31. The smallest absolute Gasteiger partial charge is 0.337 e. The molecule has 0 unspecified atom stereocenters. The molecular weight excluding hydrogens is 262 g/mol. The van der Waals surface area contributed by atoms with Crippen molar-refractivity contribution in [3.63, 3.8) is 0 Å². The molecular formula is C13H17N3O4. The highest BCUT2D eigenvalue weighted by Crippen LogP contribution is 2.27. The van der Waals surface area contributed by atoms with Gasteiger partial charge in [-0.25, -0.2) is 4.79 Å². The van der Waals surface area contributed by atoms with Crippen LogP contribution in [0.3, 0.4) is 0 Å². The van der Waals surface area contributed by atoms with Crippen LogP contribution in [-0.4, -0.2) is 37.1 Å². The Morgan fingerprint density at radius 3 is 2.75 bits per heavy atom. The molecule has 1 saturated heterocycles. The number of esters is 1. The maximum atomic E-state index is 11.5. The Bertz CT molecular complexity index is 512. The van der Waals surface area contributed by atoms with Gasteiger partial charge in [0.25, 0.3) is 5.69 Å². The molecule has 0 aliphatic carbocycles. The van der Waals surface area contributed by atoms with Crippen molar-refractivity contribution in [2.75, 3.05) is 25.5 Å². The van der Waals surface area contributed by atoms with E-state index in [9.17, 15) is 14.9 Å². The number of ether oxygens (including phenoxy) is 1. The van der Waals surface area contributed by atoms with E-state index >= 15 is 0 Å². The van der Waals surface area contributed by atoms with Gasteiger partial charge in [-0.2, -0.15) is 0 Å². The highest BCUT2D eigenvalue weighted by Gasteiger charge is 2.20. The molecule has 1 aromatic carbocycles. The molecule has 20 heavy (non-hydrogen) atoms. The number of carbonyl (C=O) groups excluding carboxylic acids is 1. The minimum absolute atomic E-state index is 0.0313. The van der Waals surface area contributed by atoms with Gasteiger partial charge in [0, 0.05) is 12.1 Å². The number of benzene rings is 1. The van der Waals surface area contributed by atoms with Crippen LogP contribution in [0.4, 0.5) is 11.4 Å². The highest BCUT2D eigenvalue weighted by molar-refractivity contribution is 5.91. The quantitative estimate of drug-likeness (QED) is 0.493. The van der Waals surface area contributed by atoms with Gasteiger partial charge in [0.15, 0.2) is 0 Å². The summed E-state index contributed by atoms with van der Waals surface area (Å²) in [5.41, 5.74) is 0.635. The normalized spacial score (nSPS) is 15.7. The second kappa shape index (κ2) is 6.33. The van der Waals surface area contributed by atoms with E-state index in [-0.39, 0.29) is 11.7 Å². The average molecular weight is 279 g/mol. The number of anilines is 1. The molecule has 0 aromatic heterocycles. The summed E-state index contributed by atoms with van der Waals surface area (Å²) in [4.78, 5) is 22.1. The standard InChI is InChI=1S/C13H17N3O4/c1-20-13(17)9-2-3-12(16(18)19)11(8-9)15-10-4-6-14-7-5-10/h2-3,8,10,14-15H,4-7H2,1H3. The molecule has 0 amide bonds. The van der Waals surface area contributed by atoms with Crippen molar-refractivity contribution in [1.29, 1.82) is 0 Å². The van der Waals surface area contributed by atoms with Crippen molar-refractivity contribution in [1.82, 2.24) is 5.32 Å². The molecule has 7 heteroatoms. The SMILES string of the molecule is COC(=O)c1ccc([N+](=O)[O-])c(NC2CCNCC2)c1. The lowest BCUT2D eigenvalue weighted by molar-refractivity contribution is -0.384. The summed E-state index contributed by atoms with van der Waals surface area (Å²) in [6.07, 6.45) is 1.78. The fourth-order valence-corrected chi connectivity index (χ4v) is 2.24. The number of nitrogens with zero attached hydrogens (tertiary/aromatic N) is 1. The van der Waals surface area contributed by atoms with Crippen LogP contribution >= 0.6 is 0 Å². The topological polar surface area (TPSA) is 93.5 Å². The zero-order valence-electron chi connectivity index (χ0n) is 11.2. The van der Waals surface area contributed by atoms with Crippen molar-refractivity contribution in [2.24, 2.45) is 0 Å². The molecule has 108 valence electrons. The van der Waals surface area contributed by atoms with Gasteiger partial charge in [-0.3, -0.25) is 10.1 Å². The van der Waals surface area contributed by atoms with E-state index in [0.717, 1.165) is 25.9 Å². The third kappa shape index (κ3) is 3.24. The van der Waals surface area contributed by atoms with Gasteiger partial charge >= 0.3 is 5.97 Å². The van der Waals surface area contributed by atoms with Gasteiger partial charge in [0.1, 0.15) is 5.69 Å². The number of carbonyl (C=O) groups is 1. The van der Waals surface area contributed by atoms with E-state index in [4.69, 9.17) is 0 Å². The van der Waals surface area contributed by atoms with Gasteiger partial charge in [-0.15, -0.1) is 0 Å². The fourth-order valence-electron chi connectivity index (χ4n) is 2.24. The summed E-state index contributed by atoms with van der Waals surface area (Å²) >= 11 is 0. The van der Waals surface area contributed by atoms with E-state index < -0.39 is 10.9 Å². The third-order valence-electron chi connectivity index (χ3n) is 3.31. The van der Waals surface area contributed by atoms with E-state index in [1.165, 1.54) is 25.3 Å². The molecule has 1 aliphatic rings. The largest absolute Gasteiger partial charge is 0.465 e. The Morgan fingerprint density at radius 1 is 1.45 bits per heavy atom. The van der Waals surface area contributed by atoms with Gasteiger partial charge in [0.2, 0.25) is 0 Å². The molecule has 0 bridgehead atoms. The summed E-state index contributed by atoms with van der Waals surface area (Å²) < 4.78 is 4.64. The summed E-state index contributed by atoms with van der Waals surface area (Å²) in [5, 5.41) is 17.4. The van der Waals surface area contributed by atoms with Crippen LogP contribution in [0.5, 0.6) is 0 Å². The van der Waals surface area contributed by atoms with E-state index in [1.54, 1.807) is 0 Å². The number of rotatable bonds is 4. The first-order chi connectivity index (χ1) is 9.61. The zero-order chi connectivity index (χ0) is 14.5. The number of nitrogens with one attached hydrogen (secondary N) is 2. The lowest BCUT2D eigenvalue weighted by Gasteiger charge is -2.24. The summed E-state index contributed by atoms with van der Waals surface area (Å²) in [7, 11) is 1.28. The maximum absolute atomic E-state index is 11.5. The molecule has 1 aromatic rings. The van der Waals surface area contributed by atoms with Gasteiger partial charge in [0.05, 0.1) is 17.6 Å². The molecule has 0 spiro atoms. The Morgan fingerprint density at radius 2 is 2.15 bits per heavy atom. The second-order valence-electron chi connectivity index (χ2n) is 4.65. The number of hydrogen-bond donors (Lipinski definition) is 2. The molecule has 0 atom stereocenters. The lowest BCUT2D eigenvalue weighted by Crippen LogP contribution is -2.35. The maximum Gasteiger partial charge on any atom is 0.337 e. The van der Waals surface area contributed by atoms with Gasteiger partial charge in [-0.1, -0.05) is 0 Å². The number of methoxy groups -OCH3 is 1. The Kier molecular flexibility index (Phi) is 4.52. The Balaban J connectivity index is 2.26. The molecule has 2 rings (SSSR count). The Hall–Kier alpha value is -2.15. The van der Waals surface area contributed by atoms with Gasteiger partial charge < -0.3 is 15.4 Å². The molecule has 7 nitrogen and oxygen atoms in total. The van der Waals surface area contributed by atoms with Crippen LogP contribution in [0.1, 0.15) is 23.2 Å². The average Bonchev–Trinajstić information content (AvgIpc) is 2.47. The van der Waals surface area contributed by atoms with Crippen molar-refractivity contribution < 1.29 is 14.5 Å². The van der Waals surface area contributed by atoms with Crippen molar-refractivity contribution in [3.05, 3.63) is 33.9 Å². The van der Waals surface area contributed by atoms with Crippen LogP contribution in [-0.2, 0) is 4.74 Å². The predicted molar refractivity (Wildman–Crippen MR) is 74.0 cm³/mol. The van der Waals surface area contributed by atoms with Crippen LogP contribution in [0, 0.1) is 10.1 Å². The summed E-state index contributed by atoms with van der Waals surface area (Å²) in [6.45, 7) is 1.75. The molecule has 1 heterocycles. The molecule has 2 N–H and O–H groups in total. The van der Waals surface area contributed by atoms with Crippen LogP contribution in [0.2, 0.25) is 0 Å². The van der Waals surface area contributed by atoms with Crippen LogP contribution in [0.15, 0.2) is 18.2 Å². The monoisotopic (exact) mass is 279 g/mol. The Labute approximate surface area is 116 Å². The van der Waals surface area contributed by atoms with E-state index in [2.05, 4.69) is 15.4 Å². The number of nitro groups is 1. The van der Waals surface area contributed by atoms with Gasteiger partial charge in [-0.05, 0) is 38.1 Å². The number of nitro benzene ring substituents is 1. The number of hydrogen-bond acceptors (Lipinski definition) is 6. The number of piperidine rings is 1. The first-order valence-electron chi connectivity index (χ1n) is 6.46. The molecule has 0 radical (unpaired) electrons.